The van der Waals surface area contributed by atoms with E-state index in [1.165, 1.54) is 11.1 Å². The molecule has 2 aromatic heterocycles. The lowest BCUT2D eigenvalue weighted by molar-refractivity contribution is 0.0229. The van der Waals surface area contributed by atoms with Gasteiger partial charge in [0.25, 0.3) is 0 Å². The van der Waals surface area contributed by atoms with Crippen molar-refractivity contribution in [1.82, 2.24) is 24.8 Å². The van der Waals surface area contributed by atoms with Crippen molar-refractivity contribution < 1.29 is 9.53 Å². The first-order valence-electron chi connectivity index (χ1n) is 14.1. The fourth-order valence-corrected chi connectivity index (χ4v) is 5.32. The van der Waals surface area contributed by atoms with Gasteiger partial charge in [0, 0.05) is 51.5 Å². The summed E-state index contributed by atoms with van der Waals surface area (Å²) in [5.41, 5.74) is 7.64. The molecule has 1 N–H and O–H groups in total. The molecular weight excluding hydrogens is 516 g/mol. The molecule has 3 heterocycles. The number of nitrogens with zero attached hydrogens (tertiary/aromatic N) is 5. The first kappa shape index (κ1) is 30.1. The molecule has 1 aliphatic heterocycles. The highest BCUT2D eigenvalue weighted by Crippen LogP contribution is 2.44. The zero-order valence-corrected chi connectivity index (χ0v) is 25.3. The second-order valence-electron chi connectivity index (χ2n) is 12.1. The summed E-state index contributed by atoms with van der Waals surface area (Å²) in [7, 11) is 1.97. The Hall–Kier alpha value is -3.85. The summed E-state index contributed by atoms with van der Waals surface area (Å²) in [4.78, 5) is 34.0. The van der Waals surface area contributed by atoms with E-state index in [4.69, 9.17) is 4.74 Å². The van der Waals surface area contributed by atoms with Gasteiger partial charge in [-0.15, -0.1) is 0 Å². The second-order valence-corrected chi connectivity index (χ2v) is 12.1. The predicted molar refractivity (Wildman–Crippen MR) is 163 cm³/mol. The fourth-order valence-electron chi connectivity index (χ4n) is 5.32. The number of carbonyl (C=O) groups excluding carboxylic acids is 1. The summed E-state index contributed by atoms with van der Waals surface area (Å²) in [6, 6.07) is 10.5. The quantitative estimate of drug-likeness (QED) is 0.429. The number of aryl methyl sites for hydroxylation is 2. The Morgan fingerprint density at radius 2 is 1.83 bits per heavy atom. The number of hydrogen-bond acceptors (Lipinski definition) is 7. The minimum absolute atomic E-state index is 0.125. The normalized spacial score (nSPS) is 16.2. The zero-order chi connectivity index (χ0) is 29.8. The van der Waals surface area contributed by atoms with Crippen molar-refractivity contribution in [3.05, 3.63) is 87.1 Å². The van der Waals surface area contributed by atoms with Crippen LogP contribution in [0.3, 0.4) is 0 Å². The number of carbonyl (C=O) groups is 1. The van der Waals surface area contributed by atoms with E-state index >= 15 is 0 Å². The molecule has 1 amide bonds. The summed E-state index contributed by atoms with van der Waals surface area (Å²) < 4.78 is 7.22. The lowest BCUT2D eigenvalue weighted by Gasteiger charge is -2.30. The molecule has 41 heavy (non-hydrogen) atoms. The number of nitrogens with one attached hydrogen (secondary N) is 1. The number of benzene rings is 1. The van der Waals surface area contributed by atoms with Crippen LogP contribution in [-0.4, -0.2) is 63.9 Å². The Morgan fingerprint density at radius 3 is 2.46 bits per heavy atom. The zero-order valence-electron chi connectivity index (χ0n) is 25.3. The van der Waals surface area contributed by atoms with Gasteiger partial charge in [0.2, 0.25) is 0 Å². The van der Waals surface area contributed by atoms with E-state index in [1.54, 1.807) is 11.2 Å². The molecule has 0 bridgehead atoms. The molecule has 0 spiro atoms. The number of rotatable bonds is 4. The summed E-state index contributed by atoms with van der Waals surface area (Å²) >= 11 is 0. The number of hydrogen-bond donors (Lipinski definition) is 1. The summed E-state index contributed by atoms with van der Waals surface area (Å²) in [6.07, 6.45) is 6.37. The van der Waals surface area contributed by atoms with Crippen molar-refractivity contribution in [2.24, 2.45) is 12.2 Å². The van der Waals surface area contributed by atoms with Crippen molar-refractivity contribution in [3.8, 4) is 0 Å². The Balaban J connectivity index is 0.000000251. The molecule has 1 saturated heterocycles. The average molecular weight is 559 g/mol. The minimum Gasteiger partial charge on any atom is -0.444 e. The van der Waals surface area contributed by atoms with Crippen LogP contribution in [0.2, 0.25) is 0 Å². The van der Waals surface area contributed by atoms with Gasteiger partial charge in [0.1, 0.15) is 5.60 Å². The van der Waals surface area contributed by atoms with Crippen LogP contribution in [0.5, 0.6) is 0 Å². The third-order valence-corrected chi connectivity index (χ3v) is 7.64. The monoisotopic (exact) mass is 558 g/mol. The number of aromatic nitrogens is 3. The summed E-state index contributed by atoms with van der Waals surface area (Å²) in [5.74, 6) is 0. The van der Waals surface area contributed by atoms with Gasteiger partial charge in [-0.05, 0) is 75.9 Å². The van der Waals surface area contributed by atoms with E-state index in [0.29, 0.717) is 0 Å². The maximum absolute atomic E-state index is 11.5. The minimum atomic E-state index is -0.632. The molecule has 5 rings (SSSR count). The first-order valence-corrected chi connectivity index (χ1v) is 14.1. The molecular formula is C32H42N6O3. The lowest BCUT2D eigenvalue weighted by Crippen LogP contribution is -2.48. The Morgan fingerprint density at radius 1 is 1.10 bits per heavy atom. The summed E-state index contributed by atoms with van der Waals surface area (Å²) in [6.45, 7) is 15.2. The van der Waals surface area contributed by atoms with Crippen LogP contribution in [0.1, 0.15) is 67.0 Å². The SMILES string of the molecule is CC(C)(C)OC(=O)N1CCNCC1.Cc1ccc2c(c1)C(C(C)(CN=O)c1ncn(C)c1C)=Cc1cccnc1C2. The van der Waals surface area contributed by atoms with E-state index in [9.17, 15) is 9.70 Å². The summed E-state index contributed by atoms with van der Waals surface area (Å²) in [5, 5.41) is 6.52. The van der Waals surface area contributed by atoms with Crippen LogP contribution in [0.25, 0.3) is 11.6 Å². The van der Waals surface area contributed by atoms with Crippen molar-refractivity contribution >= 4 is 17.7 Å². The molecule has 2 aliphatic rings. The van der Waals surface area contributed by atoms with Crippen molar-refractivity contribution in [2.75, 3.05) is 32.7 Å². The molecule has 1 aliphatic carbocycles. The highest BCUT2D eigenvalue weighted by Gasteiger charge is 2.38. The molecule has 218 valence electrons. The van der Waals surface area contributed by atoms with Crippen LogP contribution < -0.4 is 5.32 Å². The lowest BCUT2D eigenvalue weighted by atomic mass is 9.73. The van der Waals surface area contributed by atoms with Gasteiger partial charge >= 0.3 is 6.09 Å². The van der Waals surface area contributed by atoms with E-state index in [0.717, 1.165) is 66.4 Å². The second kappa shape index (κ2) is 12.3. The van der Waals surface area contributed by atoms with Gasteiger partial charge in [0.05, 0.1) is 29.7 Å². The molecule has 9 heteroatoms. The number of ether oxygens (including phenoxy) is 1. The highest BCUT2D eigenvalue weighted by atomic mass is 16.6. The van der Waals surface area contributed by atoms with Crippen molar-refractivity contribution in [2.45, 2.75) is 59.0 Å². The van der Waals surface area contributed by atoms with Crippen molar-refractivity contribution in [1.29, 1.82) is 0 Å². The maximum Gasteiger partial charge on any atom is 0.410 e. The number of piperazine rings is 1. The van der Waals surface area contributed by atoms with E-state index < -0.39 is 5.41 Å². The van der Waals surface area contributed by atoms with Crippen LogP contribution in [0.4, 0.5) is 4.79 Å². The number of amides is 1. The standard InChI is InChI=1S/C23H24N4O.C9H18N2O2/c1-15-7-8-17-12-21-18(6-5-9-24-21)11-20(19(17)10-15)23(3,13-26-28)22-16(2)27(4)14-25-22;1-9(2,3)13-8(12)11-6-4-10-5-7-11/h5-11,14H,12-13H2,1-4H3;10H,4-7H2,1-3H3. The third kappa shape index (κ3) is 6.90. The number of imidazole rings is 1. The Labute approximate surface area is 243 Å². The molecule has 0 saturated carbocycles. The molecule has 1 fully saturated rings. The molecule has 1 aromatic carbocycles. The van der Waals surface area contributed by atoms with Crippen LogP contribution in [0.15, 0.2) is 48.0 Å². The van der Waals surface area contributed by atoms with Gasteiger partial charge in [-0.1, -0.05) is 35.0 Å². The number of pyridine rings is 1. The topological polar surface area (TPSA) is 102 Å². The van der Waals surface area contributed by atoms with E-state index in [1.807, 2.05) is 51.6 Å². The van der Waals surface area contributed by atoms with Gasteiger partial charge in [-0.3, -0.25) is 4.98 Å². The smallest absolute Gasteiger partial charge is 0.410 e. The van der Waals surface area contributed by atoms with E-state index in [-0.39, 0.29) is 18.2 Å². The predicted octanol–water partition coefficient (Wildman–Crippen LogP) is 5.43. The van der Waals surface area contributed by atoms with Crippen LogP contribution >= 0.6 is 0 Å². The number of fused-ring (bicyclic) bond motifs is 2. The first-order chi connectivity index (χ1) is 19.4. The molecule has 1 atom stereocenters. The highest BCUT2D eigenvalue weighted by molar-refractivity contribution is 5.90. The maximum atomic E-state index is 11.5. The van der Waals surface area contributed by atoms with Crippen LogP contribution in [-0.2, 0) is 23.6 Å². The number of nitroso groups, excluding NO2 is 1. The molecule has 1 unspecified atom stereocenters. The van der Waals surface area contributed by atoms with Gasteiger partial charge in [-0.2, -0.15) is 4.91 Å². The fraction of sp³-hybridized carbons (Fsp3) is 0.469. The van der Waals surface area contributed by atoms with Gasteiger partial charge in [-0.25, -0.2) is 9.78 Å². The average Bonchev–Trinajstić information content (AvgIpc) is 3.17. The Bertz CT molecular complexity index is 1430. The van der Waals surface area contributed by atoms with Gasteiger partial charge < -0.3 is 19.5 Å². The van der Waals surface area contributed by atoms with Crippen LogP contribution in [0, 0.1) is 18.8 Å². The third-order valence-electron chi connectivity index (χ3n) is 7.64. The van der Waals surface area contributed by atoms with Gasteiger partial charge in [0.15, 0.2) is 0 Å². The largest absolute Gasteiger partial charge is 0.444 e. The van der Waals surface area contributed by atoms with Crippen molar-refractivity contribution in [3.63, 3.8) is 0 Å². The van der Waals surface area contributed by atoms with E-state index in [2.05, 4.69) is 64.7 Å². The molecule has 3 aromatic rings. The Kier molecular flexibility index (Phi) is 9.07. The molecule has 9 nitrogen and oxygen atoms in total. The molecule has 0 radical (unpaired) electrons.